The van der Waals surface area contributed by atoms with Crippen LogP contribution in [0.3, 0.4) is 0 Å². The van der Waals surface area contributed by atoms with Crippen molar-refractivity contribution in [1.82, 2.24) is 4.98 Å². The molecule has 4 aliphatic rings. The van der Waals surface area contributed by atoms with Gasteiger partial charge < -0.3 is 4.74 Å². The molecule has 3 aromatic carbocycles. The third kappa shape index (κ3) is 3.57. The molecule has 182 valence electrons. The molecule has 4 bridgehead atoms. The van der Waals surface area contributed by atoms with Gasteiger partial charge in [0.1, 0.15) is 11.4 Å². The standard InChI is InChI=1S/C34H35NO/c1-21-12-25-6-4-5-7-26(25)19-31(21)32-10-8-28(20-35-32)27-9-11-33(22(2)13-27)36-34(3)29-15-23-14-24(17-29)18-30(34)16-23/h4-13,19-20,23-24,29-30H,14-18H2,1-3H3. The molecule has 0 N–H and O–H groups in total. The molecular formula is C34H35NO. The number of rotatable bonds is 4. The third-order valence-corrected chi connectivity index (χ3v) is 9.73. The number of hydrogen-bond acceptors (Lipinski definition) is 2. The summed E-state index contributed by atoms with van der Waals surface area (Å²) in [5, 5.41) is 2.53. The molecule has 0 unspecified atom stereocenters. The van der Waals surface area contributed by atoms with E-state index >= 15 is 0 Å². The van der Waals surface area contributed by atoms with Crippen LogP contribution in [0.4, 0.5) is 0 Å². The lowest BCUT2D eigenvalue weighted by Gasteiger charge is -2.59. The predicted molar refractivity (Wildman–Crippen MR) is 148 cm³/mol. The van der Waals surface area contributed by atoms with Crippen molar-refractivity contribution in [2.75, 3.05) is 0 Å². The van der Waals surface area contributed by atoms with Crippen molar-refractivity contribution in [2.24, 2.45) is 23.7 Å². The maximum Gasteiger partial charge on any atom is 0.123 e. The Labute approximate surface area is 214 Å². The van der Waals surface area contributed by atoms with E-state index in [0.29, 0.717) is 0 Å². The molecular weight excluding hydrogens is 438 g/mol. The molecule has 1 heterocycles. The Bertz CT molecular complexity index is 1420. The SMILES string of the molecule is Cc1cc(-c2ccc(-c3cc4ccccc4cc3C)nc2)ccc1OC1(C)C2CC3CC(C2)CC1C3. The van der Waals surface area contributed by atoms with Crippen LogP contribution in [0.5, 0.6) is 5.75 Å². The summed E-state index contributed by atoms with van der Waals surface area (Å²) in [7, 11) is 0. The third-order valence-electron chi connectivity index (χ3n) is 9.73. The zero-order valence-electron chi connectivity index (χ0n) is 21.6. The Morgan fingerprint density at radius 2 is 1.39 bits per heavy atom. The summed E-state index contributed by atoms with van der Waals surface area (Å²) in [6, 6.07) is 24.1. The molecule has 4 aromatic rings. The van der Waals surface area contributed by atoms with Crippen molar-refractivity contribution in [3.05, 3.63) is 84.1 Å². The molecule has 0 saturated heterocycles. The first-order valence-electron chi connectivity index (χ1n) is 13.7. The first kappa shape index (κ1) is 22.1. The molecule has 1 aromatic heterocycles. The Morgan fingerprint density at radius 1 is 0.722 bits per heavy atom. The molecule has 8 rings (SSSR count). The van der Waals surface area contributed by atoms with Gasteiger partial charge in [-0.15, -0.1) is 0 Å². The number of benzene rings is 3. The minimum absolute atomic E-state index is 0.000611. The van der Waals surface area contributed by atoms with Gasteiger partial charge in [-0.05, 0) is 128 Å². The van der Waals surface area contributed by atoms with E-state index in [9.17, 15) is 0 Å². The average molecular weight is 474 g/mol. The van der Waals surface area contributed by atoms with Gasteiger partial charge in [-0.2, -0.15) is 0 Å². The lowest BCUT2D eigenvalue weighted by Crippen LogP contribution is -2.59. The van der Waals surface area contributed by atoms with E-state index in [2.05, 4.69) is 87.5 Å². The van der Waals surface area contributed by atoms with Gasteiger partial charge in [0.2, 0.25) is 0 Å². The van der Waals surface area contributed by atoms with Gasteiger partial charge in [0.05, 0.1) is 5.69 Å². The highest BCUT2D eigenvalue weighted by Crippen LogP contribution is 2.59. The summed E-state index contributed by atoms with van der Waals surface area (Å²) >= 11 is 0. The molecule has 36 heavy (non-hydrogen) atoms. The molecule has 2 nitrogen and oxygen atoms in total. The molecule has 0 amide bonds. The van der Waals surface area contributed by atoms with Crippen molar-refractivity contribution in [2.45, 2.75) is 58.5 Å². The van der Waals surface area contributed by atoms with Gasteiger partial charge in [-0.25, -0.2) is 0 Å². The zero-order valence-corrected chi connectivity index (χ0v) is 21.6. The van der Waals surface area contributed by atoms with E-state index in [1.54, 1.807) is 0 Å². The summed E-state index contributed by atoms with van der Waals surface area (Å²) < 4.78 is 6.91. The summed E-state index contributed by atoms with van der Waals surface area (Å²) in [5.74, 6) is 4.43. The number of aryl methyl sites for hydroxylation is 2. The monoisotopic (exact) mass is 473 g/mol. The van der Waals surface area contributed by atoms with Crippen LogP contribution < -0.4 is 4.74 Å². The summed E-state index contributed by atoms with van der Waals surface area (Å²) in [5.41, 5.74) is 7.04. The lowest BCUT2D eigenvalue weighted by molar-refractivity contribution is -0.145. The number of aromatic nitrogens is 1. The summed E-state index contributed by atoms with van der Waals surface area (Å²) in [6.07, 6.45) is 8.97. The number of nitrogens with zero attached hydrogens (tertiary/aromatic N) is 1. The van der Waals surface area contributed by atoms with Gasteiger partial charge >= 0.3 is 0 Å². The van der Waals surface area contributed by atoms with Crippen LogP contribution in [-0.4, -0.2) is 10.6 Å². The molecule has 0 aliphatic heterocycles. The van der Waals surface area contributed by atoms with E-state index < -0.39 is 0 Å². The van der Waals surface area contributed by atoms with Crippen molar-refractivity contribution in [1.29, 1.82) is 0 Å². The Kier molecular flexibility index (Phi) is 5.03. The fourth-order valence-corrected chi connectivity index (χ4v) is 7.82. The highest BCUT2D eigenvalue weighted by atomic mass is 16.5. The van der Waals surface area contributed by atoms with E-state index in [0.717, 1.165) is 40.7 Å². The maximum atomic E-state index is 6.91. The largest absolute Gasteiger partial charge is 0.487 e. The summed E-state index contributed by atoms with van der Waals surface area (Å²) in [6.45, 7) is 6.77. The minimum Gasteiger partial charge on any atom is -0.487 e. The quantitative estimate of drug-likeness (QED) is 0.295. The molecule has 0 radical (unpaired) electrons. The van der Waals surface area contributed by atoms with Gasteiger partial charge in [0.25, 0.3) is 0 Å². The van der Waals surface area contributed by atoms with Gasteiger partial charge in [0, 0.05) is 17.3 Å². The fraction of sp³-hybridized carbons (Fsp3) is 0.382. The van der Waals surface area contributed by atoms with Crippen LogP contribution in [0.15, 0.2) is 72.9 Å². The second-order valence-corrected chi connectivity index (χ2v) is 12.0. The molecule has 0 atom stereocenters. The first-order valence-corrected chi connectivity index (χ1v) is 13.7. The van der Waals surface area contributed by atoms with Crippen LogP contribution >= 0.6 is 0 Å². The van der Waals surface area contributed by atoms with Crippen molar-refractivity contribution >= 4 is 10.8 Å². The second-order valence-electron chi connectivity index (χ2n) is 12.0. The van der Waals surface area contributed by atoms with Crippen molar-refractivity contribution in [3.8, 4) is 28.1 Å². The first-order chi connectivity index (χ1) is 17.5. The van der Waals surface area contributed by atoms with Crippen LogP contribution in [0.1, 0.15) is 50.2 Å². The van der Waals surface area contributed by atoms with Gasteiger partial charge in [-0.3, -0.25) is 4.98 Å². The molecule has 4 saturated carbocycles. The van der Waals surface area contributed by atoms with Crippen molar-refractivity contribution < 1.29 is 4.74 Å². The molecule has 0 spiro atoms. The normalized spacial score (nSPS) is 28.5. The molecule has 2 heteroatoms. The molecule has 4 aliphatic carbocycles. The zero-order chi connectivity index (χ0) is 24.4. The number of hydrogen-bond donors (Lipinski definition) is 0. The minimum atomic E-state index is 0.000611. The number of pyridine rings is 1. The van der Waals surface area contributed by atoms with E-state index in [1.165, 1.54) is 65.1 Å². The molecule has 4 fully saturated rings. The predicted octanol–water partition coefficient (Wildman–Crippen LogP) is 8.78. The lowest BCUT2D eigenvalue weighted by atomic mass is 9.50. The summed E-state index contributed by atoms with van der Waals surface area (Å²) in [4.78, 5) is 4.87. The van der Waals surface area contributed by atoms with Crippen LogP contribution in [0, 0.1) is 37.5 Å². The Balaban J connectivity index is 1.14. The van der Waals surface area contributed by atoms with E-state index in [4.69, 9.17) is 9.72 Å². The average Bonchev–Trinajstić information content (AvgIpc) is 2.88. The number of fused-ring (bicyclic) bond motifs is 1. The Morgan fingerprint density at radius 3 is 2.03 bits per heavy atom. The van der Waals surface area contributed by atoms with E-state index in [-0.39, 0.29) is 5.60 Å². The van der Waals surface area contributed by atoms with Crippen LogP contribution in [0.2, 0.25) is 0 Å². The Hall–Kier alpha value is -3.13. The maximum absolute atomic E-state index is 6.91. The topological polar surface area (TPSA) is 22.1 Å². The fourth-order valence-electron chi connectivity index (χ4n) is 7.82. The van der Waals surface area contributed by atoms with Gasteiger partial charge in [0.15, 0.2) is 0 Å². The smallest absolute Gasteiger partial charge is 0.123 e. The van der Waals surface area contributed by atoms with Crippen molar-refractivity contribution in [3.63, 3.8) is 0 Å². The highest BCUT2D eigenvalue weighted by molar-refractivity contribution is 5.88. The number of ether oxygens (including phenoxy) is 1. The van der Waals surface area contributed by atoms with Crippen LogP contribution in [0.25, 0.3) is 33.2 Å². The second kappa shape index (κ2) is 8.20. The van der Waals surface area contributed by atoms with Crippen LogP contribution in [-0.2, 0) is 0 Å². The van der Waals surface area contributed by atoms with E-state index in [1.807, 2.05) is 6.20 Å². The highest BCUT2D eigenvalue weighted by Gasteiger charge is 2.56. The van der Waals surface area contributed by atoms with Gasteiger partial charge in [-0.1, -0.05) is 42.5 Å².